The maximum Gasteiger partial charge on any atom is 0.184 e. The van der Waals surface area contributed by atoms with Crippen molar-refractivity contribution in [3.8, 4) is 0 Å². The van der Waals surface area contributed by atoms with Crippen LogP contribution in [0, 0.1) is 0 Å². The minimum absolute atomic E-state index is 0.0389. The molecule has 1 aliphatic rings. The van der Waals surface area contributed by atoms with Crippen LogP contribution in [0.5, 0.6) is 0 Å². The van der Waals surface area contributed by atoms with Crippen LogP contribution in [-0.4, -0.2) is 104 Å². The van der Waals surface area contributed by atoms with E-state index in [0.717, 1.165) is 23.6 Å². The molecule has 0 amide bonds. The lowest BCUT2D eigenvalue weighted by molar-refractivity contribution is -0.284. The van der Waals surface area contributed by atoms with E-state index in [1.165, 1.54) is 4.68 Å². The summed E-state index contributed by atoms with van der Waals surface area (Å²) in [5.74, 6) is 0. The molecule has 1 unspecified atom stereocenters. The molecular formula is C29H36N8O5. The van der Waals surface area contributed by atoms with E-state index in [-0.39, 0.29) is 6.54 Å². The van der Waals surface area contributed by atoms with E-state index < -0.39 is 30.7 Å². The molecule has 1 fully saturated rings. The first-order valence-electron chi connectivity index (χ1n) is 13.9. The zero-order valence-corrected chi connectivity index (χ0v) is 23.1. The van der Waals surface area contributed by atoms with Gasteiger partial charge in [0.15, 0.2) is 6.29 Å². The van der Waals surface area contributed by atoms with Crippen LogP contribution in [0.2, 0.25) is 0 Å². The van der Waals surface area contributed by atoms with Gasteiger partial charge in [0, 0.05) is 64.1 Å². The van der Waals surface area contributed by atoms with Crippen LogP contribution in [0.1, 0.15) is 22.8 Å². The van der Waals surface area contributed by atoms with Crippen molar-refractivity contribution in [1.29, 1.82) is 0 Å². The Morgan fingerprint density at radius 2 is 1.14 bits per heavy atom. The minimum atomic E-state index is -1.61. The molecule has 13 heteroatoms. The lowest BCUT2D eigenvalue weighted by Gasteiger charge is -2.38. The number of aliphatic hydroxyl groups is 4. The number of hydrogen-bond acceptors (Lipinski definition) is 12. The maximum atomic E-state index is 10.3. The van der Waals surface area contributed by atoms with Gasteiger partial charge in [-0.15, -0.1) is 5.10 Å². The highest BCUT2D eigenvalue weighted by Crippen LogP contribution is 2.21. The van der Waals surface area contributed by atoms with Gasteiger partial charge < -0.3 is 25.2 Å². The van der Waals surface area contributed by atoms with Crippen LogP contribution < -0.4 is 0 Å². The van der Waals surface area contributed by atoms with Gasteiger partial charge in [-0.25, -0.2) is 4.68 Å². The summed E-state index contributed by atoms with van der Waals surface area (Å²) in [5.41, 5.74) is 3.56. The second kappa shape index (κ2) is 14.5. The fourth-order valence-electron chi connectivity index (χ4n) is 4.87. The average molecular weight is 577 g/mol. The zero-order chi connectivity index (χ0) is 29.3. The van der Waals surface area contributed by atoms with Crippen molar-refractivity contribution >= 4 is 0 Å². The van der Waals surface area contributed by atoms with E-state index in [2.05, 4.69) is 35.1 Å². The number of rotatable bonds is 13. The first kappa shape index (κ1) is 29.8. The molecule has 4 aromatic heterocycles. The Hall–Kier alpha value is -3.69. The molecule has 13 nitrogen and oxygen atoms in total. The molecule has 4 aromatic rings. The third-order valence-corrected chi connectivity index (χ3v) is 7.09. The molecule has 0 aliphatic carbocycles. The second-order valence-electron chi connectivity index (χ2n) is 10.4. The van der Waals surface area contributed by atoms with Crippen molar-refractivity contribution in [2.45, 2.75) is 63.4 Å². The Morgan fingerprint density at radius 1 is 0.643 bits per heavy atom. The van der Waals surface area contributed by atoms with Gasteiger partial charge in [-0.3, -0.25) is 24.8 Å². The van der Waals surface area contributed by atoms with Crippen LogP contribution in [0.3, 0.4) is 0 Å². The van der Waals surface area contributed by atoms with Crippen molar-refractivity contribution < 1.29 is 25.2 Å². The van der Waals surface area contributed by atoms with E-state index in [4.69, 9.17) is 4.74 Å². The largest absolute Gasteiger partial charge is 0.388 e. The highest BCUT2D eigenvalue weighted by Gasteiger charge is 2.43. The van der Waals surface area contributed by atoms with Crippen molar-refractivity contribution in [1.82, 2.24) is 39.7 Å². The highest BCUT2D eigenvalue weighted by atomic mass is 16.6. The summed E-state index contributed by atoms with van der Waals surface area (Å²) in [6.07, 6.45) is 0.0276. The average Bonchev–Trinajstić information content (AvgIpc) is 3.45. The quantitative estimate of drug-likeness (QED) is 0.168. The molecule has 5 heterocycles. The van der Waals surface area contributed by atoms with E-state index in [1.54, 1.807) is 24.8 Å². The molecule has 0 bridgehead atoms. The van der Waals surface area contributed by atoms with Gasteiger partial charge in [-0.05, 0) is 36.4 Å². The number of aliphatic hydroxyl groups excluding tert-OH is 4. The standard InChI is InChI=1S/C29H36N8O5/c38-26-25(42-29(41)28(40)27(26)39)20-37-19-24(33-34-37)18-36(17-23-9-3-6-12-32-23)14-13-35(15-21-7-1-4-10-30-21)16-22-8-2-5-11-31-22/h1-12,19,25-29,38-41H,13-18,20H2/t25-,26+,27+,28-,29?/m1/s1. The van der Waals surface area contributed by atoms with Gasteiger partial charge >= 0.3 is 0 Å². The molecule has 0 aromatic carbocycles. The van der Waals surface area contributed by atoms with Gasteiger partial charge in [0.2, 0.25) is 0 Å². The Balaban J connectivity index is 1.27. The van der Waals surface area contributed by atoms with Crippen molar-refractivity contribution in [2.24, 2.45) is 0 Å². The number of pyridine rings is 3. The lowest BCUT2D eigenvalue weighted by atomic mass is 9.99. The van der Waals surface area contributed by atoms with Crippen LogP contribution in [0.4, 0.5) is 0 Å². The monoisotopic (exact) mass is 576 g/mol. The van der Waals surface area contributed by atoms with E-state index >= 15 is 0 Å². The van der Waals surface area contributed by atoms with E-state index in [0.29, 0.717) is 38.4 Å². The van der Waals surface area contributed by atoms with Crippen LogP contribution in [0.25, 0.3) is 0 Å². The normalized spacial score (nSPS) is 22.6. The minimum Gasteiger partial charge on any atom is -0.388 e. The summed E-state index contributed by atoms with van der Waals surface area (Å²) in [6, 6.07) is 17.6. The Morgan fingerprint density at radius 3 is 1.62 bits per heavy atom. The van der Waals surface area contributed by atoms with Gasteiger partial charge in [0.1, 0.15) is 24.4 Å². The van der Waals surface area contributed by atoms with Crippen molar-refractivity contribution in [3.63, 3.8) is 0 Å². The molecular weight excluding hydrogens is 540 g/mol. The van der Waals surface area contributed by atoms with Crippen LogP contribution in [0.15, 0.2) is 79.4 Å². The van der Waals surface area contributed by atoms with Gasteiger partial charge in [-0.2, -0.15) is 0 Å². The Bertz CT molecular complexity index is 1310. The topological polar surface area (TPSA) is 166 Å². The van der Waals surface area contributed by atoms with Crippen molar-refractivity contribution in [3.05, 3.63) is 102 Å². The summed E-state index contributed by atoms with van der Waals surface area (Å²) in [4.78, 5) is 18.1. The molecule has 222 valence electrons. The predicted molar refractivity (Wildman–Crippen MR) is 150 cm³/mol. The number of aromatic nitrogens is 6. The summed E-state index contributed by atoms with van der Waals surface area (Å²) >= 11 is 0. The highest BCUT2D eigenvalue weighted by molar-refractivity contribution is 5.07. The summed E-state index contributed by atoms with van der Waals surface area (Å²) in [5, 5.41) is 48.4. The second-order valence-corrected chi connectivity index (χ2v) is 10.4. The lowest BCUT2D eigenvalue weighted by Crippen LogP contribution is -2.58. The van der Waals surface area contributed by atoms with Crippen molar-refractivity contribution in [2.75, 3.05) is 13.1 Å². The molecule has 1 aliphatic heterocycles. The number of hydrogen-bond donors (Lipinski definition) is 4. The Kier molecular flexibility index (Phi) is 10.3. The smallest absolute Gasteiger partial charge is 0.184 e. The molecule has 5 rings (SSSR count). The third-order valence-electron chi connectivity index (χ3n) is 7.09. The Labute approximate surface area is 243 Å². The molecule has 42 heavy (non-hydrogen) atoms. The third kappa shape index (κ3) is 8.20. The van der Waals surface area contributed by atoms with Gasteiger partial charge in [-0.1, -0.05) is 23.4 Å². The molecule has 0 spiro atoms. The van der Waals surface area contributed by atoms with Crippen LogP contribution >= 0.6 is 0 Å². The zero-order valence-electron chi connectivity index (χ0n) is 23.1. The molecule has 0 saturated carbocycles. The molecule has 5 atom stereocenters. The van der Waals surface area contributed by atoms with E-state index in [9.17, 15) is 20.4 Å². The first-order chi connectivity index (χ1) is 20.4. The summed E-state index contributed by atoms with van der Waals surface area (Å²) in [6.45, 7) is 3.88. The van der Waals surface area contributed by atoms with Crippen LogP contribution in [-0.2, 0) is 37.5 Å². The maximum absolute atomic E-state index is 10.3. The SMILES string of the molecule is OC1O[C@H](Cn2cc(CN(CCN(Cc3ccccn3)Cc3ccccn3)Cc3ccccn3)nn2)[C@H](O)[C@H](O)[C@H]1O. The summed E-state index contributed by atoms with van der Waals surface area (Å²) in [7, 11) is 0. The number of ether oxygens (including phenoxy) is 1. The molecule has 0 radical (unpaired) electrons. The fraction of sp³-hybridized carbons (Fsp3) is 0.414. The first-order valence-corrected chi connectivity index (χ1v) is 13.9. The summed E-state index contributed by atoms with van der Waals surface area (Å²) < 4.78 is 6.78. The number of nitrogens with zero attached hydrogens (tertiary/aromatic N) is 8. The van der Waals surface area contributed by atoms with Gasteiger partial charge in [0.05, 0.1) is 29.3 Å². The molecule has 4 N–H and O–H groups in total. The van der Waals surface area contributed by atoms with Gasteiger partial charge in [0.25, 0.3) is 0 Å². The predicted octanol–water partition coefficient (Wildman–Crippen LogP) is -0.0324. The molecule has 1 saturated heterocycles. The fourth-order valence-corrected chi connectivity index (χ4v) is 4.87. The van der Waals surface area contributed by atoms with E-state index in [1.807, 2.05) is 54.6 Å².